The van der Waals surface area contributed by atoms with Gasteiger partial charge in [-0.1, -0.05) is 42.5 Å². The van der Waals surface area contributed by atoms with Gasteiger partial charge < -0.3 is 10.5 Å². The van der Waals surface area contributed by atoms with Gasteiger partial charge in [-0.2, -0.15) is 5.26 Å². The van der Waals surface area contributed by atoms with Crippen LogP contribution in [0.4, 0.5) is 4.39 Å². The molecule has 0 unspecified atom stereocenters. The topological polar surface area (TPSA) is 76.1 Å². The maximum Gasteiger partial charge on any atom is 0.205 e. The summed E-state index contributed by atoms with van der Waals surface area (Å²) in [4.78, 5) is 13.0. The van der Waals surface area contributed by atoms with Crippen molar-refractivity contribution in [1.29, 1.82) is 5.26 Å². The predicted molar refractivity (Wildman–Crippen MR) is 97.5 cm³/mol. The largest absolute Gasteiger partial charge is 0.444 e. The lowest BCUT2D eigenvalue weighted by atomic mass is 9.73. The molecule has 0 fully saturated rings. The molecule has 2 atom stereocenters. The van der Waals surface area contributed by atoms with Crippen molar-refractivity contribution in [3.05, 3.63) is 94.3 Å². The molecule has 0 bridgehead atoms. The summed E-state index contributed by atoms with van der Waals surface area (Å²) < 4.78 is 19.5. The first-order chi connectivity index (χ1) is 13.1. The number of halogens is 1. The van der Waals surface area contributed by atoms with E-state index in [1.807, 2.05) is 36.4 Å². The van der Waals surface area contributed by atoms with Gasteiger partial charge in [-0.3, -0.25) is 4.79 Å². The molecule has 2 aliphatic rings. The predicted octanol–water partition coefficient (Wildman–Crippen LogP) is 4.03. The Labute approximate surface area is 156 Å². The van der Waals surface area contributed by atoms with Gasteiger partial charge in [0.2, 0.25) is 5.88 Å². The van der Waals surface area contributed by atoms with Crippen LogP contribution in [0.15, 0.2) is 77.4 Å². The van der Waals surface area contributed by atoms with Gasteiger partial charge in [0.1, 0.15) is 23.2 Å². The molecular weight excluding hydrogens is 343 g/mol. The van der Waals surface area contributed by atoms with Crippen LogP contribution >= 0.6 is 0 Å². The van der Waals surface area contributed by atoms with E-state index in [0.29, 0.717) is 29.7 Å². The number of nitrogens with two attached hydrogens (primary N) is 1. The Morgan fingerprint density at radius 1 is 1.07 bits per heavy atom. The number of hydrogen-bond acceptors (Lipinski definition) is 4. The average molecular weight is 360 g/mol. The average Bonchev–Trinajstić information content (AvgIpc) is 2.67. The normalized spacial score (nSPS) is 22.1. The number of carbonyl (C=O) groups is 1. The van der Waals surface area contributed by atoms with Crippen LogP contribution in [0.3, 0.4) is 0 Å². The second kappa shape index (κ2) is 6.73. The van der Waals surface area contributed by atoms with Crippen LogP contribution in [-0.2, 0) is 9.53 Å². The maximum absolute atomic E-state index is 13.8. The standard InChI is InChI=1S/C22H17FN2O2/c23-16-8-4-7-14(9-16)20-17(12-24)22(25)27-19-11-15(10-18(26)21(19)20)13-5-2-1-3-6-13/h1-9,15,20H,10-11,25H2/t15-,20-/m0/s1. The molecular formula is C22H17FN2O2. The minimum absolute atomic E-state index is 0.0120. The lowest BCUT2D eigenvalue weighted by Crippen LogP contribution is -2.29. The van der Waals surface area contributed by atoms with Crippen molar-refractivity contribution in [2.45, 2.75) is 24.7 Å². The van der Waals surface area contributed by atoms with Crippen molar-refractivity contribution < 1.29 is 13.9 Å². The number of ether oxygens (including phenoxy) is 1. The zero-order chi connectivity index (χ0) is 19.0. The van der Waals surface area contributed by atoms with E-state index in [0.717, 1.165) is 5.56 Å². The first-order valence-electron chi connectivity index (χ1n) is 8.72. The molecule has 134 valence electrons. The highest BCUT2D eigenvalue weighted by Crippen LogP contribution is 2.46. The van der Waals surface area contributed by atoms with Gasteiger partial charge in [-0.25, -0.2) is 4.39 Å². The minimum Gasteiger partial charge on any atom is -0.444 e. The second-order valence-corrected chi connectivity index (χ2v) is 6.76. The SMILES string of the molecule is N#CC1=C(N)OC2=C(C(=O)C[C@H](c3ccccc3)C2)[C@H]1c1cccc(F)c1. The van der Waals surface area contributed by atoms with E-state index in [-0.39, 0.29) is 23.2 Å². The lowest BCUT2D eigenvalue weighted by molar-refractivity contribution is -0.117. The van der Waals surface area contributed by atoms with Crippen molar-refractivity contribution >= 4 is 5.78 Å². The second-order valence-electron chi connectivity index (χ2n) is 6.76. The summed E-state index contributed by atoms with van der Waals surface area (Å²) in [5, 5.41) is 9.57. The lowest BCUT2D eigenvalue weighted by Gasteiger charge is -2.34. The van der Waals surface area contributed by atoms with Crippen molar-refractivity contribution in [3.8, 4) is 6.07 Å². The van der Waals surface area contributed by atoms with Crippen molar-refractivity contribution in [2.24, 2.45) is 5.73 Å². The molecule has 4 rings (SSSR count). The third kappa shape index (κ3) is 3.00. The molecule has 0 amide bonds. The molecule has 0 spiro atoms. The fraction of sp³-hybridized carbons (Fsp3) is 0.182. The molecule has 4 nitrogen and oxygen atoms in total. The van der Waals surface area contributed by atoms with Crippen LogP contribution in [-0.4, -0.2) is 5.78 Å². The van der Waals surface area contributed by atoms with Gasteiger partial charge in [-0.15, -0.1) is 0 Å². The molecule has 27 heavy (non-hydrogen) atoms. The van der Waals surface area contributed by atoms with Crippen molar-refractivity contribution in [3.63, 3.8) is 0 Å². The van der Waals surface area contributed by atoms with Crippen molar-refractivity contribution in [2.75, 3.05) is 0 Å². The molecule has 0 saturated heterocycles. The summed E-state index contributed by atoms with van der Waals surface area (Å²) in [6.07, 6.45) is 0.826. The minimum atomic E-state index is -0.696. The van der Waals surface area contributed by atoms with Gasteiger partial charge >= 0.3 is 0 Å². The monoisotopic (exact) mass is 360 g/mol. The number of nitrogens with zero attached hydrogens (tertiary/aromatic N) is 1. The first kappa shape index (κ1) is 17.0. The quantitative estimate of drug-likeness (QED) is 0.877. The third-order valence-electron chi connectivity index (χ3n) is 5.11. The Bertz CT molecular complexity index is 1020. The molecule has 2 aromatic rings. The van der Waals surface area contributed by atoms with E-state index in [9.17, 15) is 14.4 Å². The Kier molecular flexibility index (Phi) is 4.25. The van der Waals surface area contributed by atoms with E-state index in [4.69, 9.17) is 10.5 Å². The number of benzene rings is 2. The van der Waals surface area contributed by atoms with Gasteiger partial charge in [0.25, 0.3) is 0 Å². The third-order valence-corrected chi connectivity index (χ3v) is 5.11. The highest BCUT2D eigenvalue weighted by Gasteiger charge is 2.40. The Morgan fingerprint density at radius 3 is 2.52 bits per heavy atom. The van der Waals surface area contributed by atoms with E-state index in [1.54, 1.807) is 12.1 Å². The smallest absolute Gasteiger partial charge is 0.205 e. The summed E-state index contributed by atoms with van der Waals surface area (Å²) in [6, 6.07) is 17.7. The molecule has 0 radical (unpaired) electrons. The fourth-order valence-corrected chi connectivity index (χ4v) is 3.89. The van der Waals surface area contributed by atoms with E-state index in [2.05, 4.69) is 0 Å². The van der Waals surface area contributed by atoms with Crippen LogP contribution in [0.5, 0.6) is 0 Å². The van der Waals surface area contributed by atoms with Gasteiger partial charge in [0.05, 0.1) is 5.92 Å². The van der Waals surface area contributed by atoms with Crippen LogP contribution in [0.1, 0.15) is 35.8 Å². The molecule has 1 aliphatic carbocycles. The molecule has 2 N–H and O–H groups in total. The Hall–Kier alpha value is -3.39. The number of rotatable bonds is 2. The number of ketones is 1. The highest BCUT2D eigenvalue weighted by molar-refractivity contribution is 6.00. The van der Waals surface area contributed by atoms with Gasteiger partial charge in [-0.05, 0) is 29.2 Å². The number of hydrogen-bond donors (Lipinski definition) is 1. The van der Waals surface area contributed by atoms with Crippen LogP contribution in [0.25, 0.3) is 0 Å². The van der Waals surface area contributed by atoms with E-state index < -0.39 is 11.7 Å². The number of Topliss-reactive ketones (excluding diaryl/α,β-unsaturated/α-hetero) is 1. The molecule has 0 saturated carbocycles. The molecule has 1 heterocycles. The van der Waals surface area contributed by atoms with Gasteiger partial charge in [0.15, 0.2) is 5.78 Å². The van der Waals surface area contributed by atoms with Gasteiger partial charge in [0, 0.05) is 18.4 Å². The Balaban J connectivity index is 1.80. The number of nitriles is 1. The molecule has 2 aromatic carbocycles. The van der Waals surface area contributed by atoms with E-state index >= 15 is 0 Å². The molecule has 5 heteroatoms. The van der Waals surface area contributed by atoms with Crippen LogP contribution in [0, 0.1) is 17.1 Å². The number of allylic oxidation sites excluding steroid dienone is 3. The number of carbonyl (C=O) groups excluding carboxylic acids is 1. The molecule has 0 aromatic heterocycles. The zero-order valence-electron chi connectivity index (χ0n) is 14.5. The highest BCUT2D eigenvalue weighted by atomic mass is 19.1. The Morgan fingerprint density at radius 2 is 1.81 bits per heavy atom. The summed E-state index contributed by atoms with van der Waals surface area (Å²) in [5.41, 5.74) is 8.12. The first-order valence-corrected chi connectivity index (χ1v) is 8.72. The molecule has 1 aliphatic heterocycles. The van der Waals surface area contributed by atoms with Crippen molar-refractivity contribution in [1.82, 2.24) is 0 Å². The summed E-state index contributed by atoms with van der Waals surface area (Å²) in [5.74, 6) is -0.777. The summed E-state index contributed by atoms with van der Waals surface area (Å²) in [6.45, 7) is 0. The van der Waals surface area contributed by atoms with Crippen LogP contribution < -0.4 is 5.73 Å². The van der Waals surface area contributed by atoms with Crippen LogP contribution in [0.2, 0.25) is 0 Å². The summed E-state index contributed by atoms with van der Waals surface area (Å²) >= 11 is 0. The fourth-order valence-electron chi connectivity index (χ4n) is 3.89. The summed E-state index contributed by atoms with van der Waals surface area (Å²) in [7, 11) is 0. The van der Waals surface area contributed by atoms with E-state index in [1.165, 1.54) is 12.1 Å². The zero-order valence-corrected chi connectivity index (χ0v) is 14.5. The maximum atomic E-state index is 13.8.